The van der Waals surface area contributed by atoms with Gasteiger partial charge in [-0.05, 0) is 30.7 Å². The second kappa shape index (κ2) is 8.75. The summed E-state index contributed by atoms with van der Waals surface area (Å²) >= 11 is 3.22. The van der Waals surface area contributed by atoms with Gasteiger partial charge < -0.3 is 15.1 Å². The Morgan fingerprint density at radius 2 is 1.81 bits per heavy atom. The Labute approximate surface area is 162 Å². The van der Waals surface area contributed by atoms with Gasteiger partial charge in [0.25, 0.3) is 5.91 Å². The maximum atomic E-state index is 13.8. The van der Waals surface area contributed by atoms with Crippen LogP contribution in [0.4, 0.5) is 10.1 Å². The lowest BCUT2D eigenvalue weighted by atomic mass is 10.1. The first-order valence-electron chi connectivity index (χ1n) is 8.98. The molecule has 1 fully saturated rings. The Hall–Kier alpha value is -1.76. The molecule has 0 radical (unpaired) electrons. The molecule has 1 amide bonds. The molecular weight excluding hydrogens is 397 g/mol. The molecule has 0 bridgehead atoms. The largest absolute Gasteiger partial charge is 0.322 e. The zero-order chi connectivity index (χ0) is 18.5. The van der Waals surface area contributed by atoms with Gasteiger partial charge in [0.2, 0.25) is 0 Å². The van der Waals surface area contributed by atoms with Crippen LogP contribution in [0.5, 0.6) is 0 Å². The van der Waals surface area contributed by atoms with E-state index in [0.717, 1.165) is 32.7 Å². The van der Waals surface area contributed by atoms with E-state index >= 15 is 0 Å². The fourth-order valence-corrected chi connectivity index (χ4v) is 3.73. The second-order valence-electron chi connectivity index (χ2n) is 6.95. The van der Waals surface area contributed by atoms with Gasteiger partial charge in [-0.1, -0.05) is 40.2 Å². The number of benzene rings is 2. The smallest absolute Gasteiger partial charge is 0.279 e. The van der Waals surface area contributed by atoms with E-state index in [1.165, 1.54) is 22.1 Å². The highest BCUT2D eigenvalue weighted by Gasteiger charge is 2.25. The highest BCUT2D eigenvalue weighted by molar-refractivity contribution is 9.10. The van der Waals surface area contributed by atoms with Gasteiger partial charge in [-0.2, -0.15) is 0 Å². The third-order valence-electron chi connectivity index (χ3n) is 4.98. The molecule has 0 atom stereocenters. The highest BCUT2D eigenvalue weighted by atomic mass is 79.9. The summed E-state index contributed by atoms with van der Waals surface area (Å²) in [6, 6.07) is 13.2. The van der Waals surface area contributed by atoms with E-state index in [2.05, 4.69) is 52.4 Å². The van der Waals surface area contributed by atoms with Gasteiger partial charge in [-0.25, -0.2) is 4.39 Å². The van der Waals surface area contributed by atoms with Gasteiger partial charge >= 0.3 is 0 Å². The second-order valence-corrected chi connectivity index (χ2v) is 7.87. The molecule has 26 heavy (non-hydrogen) atoms. The van der Waals surface area contributed by atoms with Gasteiger partial charge in [0.15, 0.2) is 6.54 Å². The summed E-state index contributed by atoms with van der Waals surface area (Å²) in [4.78, 5) is 15.0. The summed E-state index contributed by atoms with van der Waals surface area (Å²) < 4.78 is 14.5. The predicted molar refractivity (Wildman–Crippen MR) is 104 cm³/mol. The van der Waals surface area contributed by atoms with Gasteiger partial charge in [0.1, 0.15) is 38.5 Å². The fourth-order valence-electron chi connectivity index (χ4n) is 3.40. The molecule has 1 saturated heterocycles. The van der Waals surface area contributed by atoms with Gasteiger partial charge in [-0.15, -0.1) is 0 Å². The quantitative estimate of drug-likeness (QED) is 0.656. The van der Waals surface area contributed by atoms with Gasteiger partial charge in [0, 0.05) is 10.0 Å². The Morgan fingerprint density at radius 3 is 2.50 bits per heavy atom. The van der Waals surface area contributed by atoms with Crippen LogP contribution in [-0.2, 0) is 11.3 Å². The standard InChI is InChI=1S/C20H23BrFN3O/c1-15-4-2-3-5-16(15)13-24-8-10-25(11-9-24)14-20(26)23-19-7-6-17(21)12-18(19)22/h2-7,12H,8-11,13-14H2,1H3,(H,23,26)/p+2. The van der Waals surface area contributed by atoms with E-state index in [4.69, 9.17) is 0 Å². The normalized spacial score (nSPS) is 20.0. The summed E-state index contributed by atoms with van der Waals surface area (Å²) in [5.74, 6) is -0.557. The molecule has 2 aromatic rings. The lowest BCUT2D eigenvalue weighted by Crippen LogP contribution is -3.28. The SMILES string of the molecule is Cc1ccccc1C[NH+]1CC[NH+](CC(=O)Nc2ccc(Br)cc2F)CC1. The number of nitrogens with one attached hydrogen (secondary N) is 3. The molecule has 1 heterocycles. The number of aryl methyl sites for hydroxylation is 1. The number of quaternary nitrogens is 2. The molecule has 0 spiro atoms. The predicted octanol–water partition coefficient (Wildman–Crippen LogP) is 0.819. The minimum atomic E-state index is -0.421. The molecule has 0 aliphatic carbocycles. The fraction of sp³-hybridized carbons (Fsp3) is 0.350. The average Bonchev–Trinajstić information content (AvgIpc) is 2.61. The van der Waals surface area contributed by atoms with E-state index in [1.807, 2.05) is 0 Å². The van der Waals surface area contributed by atoms with Crippen LogP contribution in [0.1, 0.15) is 11.1 Å². The van der Waals surface area contributed by atoms with Crippen molar-refractivity contribution in [2.24, 2.45) is 0 Å². The van der Waals surface area contributed by atoms with E-state index < -0.39 is 5.82 Å². The van der Waals surface area contributed by atoms with Crippen molar-refractivity contribution in [3.8, 4) is 0 Å². The van der Waals surface area contributed by atoms with Crippen LogP contribution in [0.3, 0.4) is 0 Å². The van der Waals surface area contributed by atoms with Crippen LogP contribution in [0.2, 0.25) is 0 Å². The maximum Gasteiger partial charge on any atom is 0.279 e. The summed E-state index contributed by atoms with van der Waals surface area (Å²) in [5.41, 5.74) is 2.97. The zero-order valence-electron chi connectivity index (χ0n) is 14.9. The summed E-state index contributed by atoms with van der Waals surface area (Å²) in [6.07, 6.45) is 0. The number of hydrogen-bond acceptors (Lipinski definition) is 1. The maximum absolute atomic E-state index is 13.8. The first kappa shape index (κ1) is 19.0. The number of piperazine rings is 1. The topological polar surface area (TPSA) is 38.0 Å². The first-order valence-corrected chi connectivity index (χ1v) is 9.77. The number of carbonyl (C=O) groups is 1. The molecule has 4 nitrogen and oxygen atoms in total. The van der Waals surface area contributed by atoms with Crippen molar-refractivity contribution in [1.29, 1.82) is 0 Å². The monoisotopic (exact) mass is 421 g/mol. The number of hydrogen-bond donors (Lipinski definition) is 3. The van der Waals surface area contributed by atoms with Crippen molar-refractivity contribution in [3.63, 3.8) is 0 Å². The van der Waals surface area contributed by atoms with Gasteiger partial charge in [-0.3, -0.25) is 4.79 Å². The highest BCUT2D eigenvalue weighted by Crippen LogP contribution is 2.18. The molecule has 0 unspecified atom stereocenters. The molecule has 6 heteroatoms. The molecule has 1 aliphatic heterocycles. The van der Waals surface area contributed by atoms with Crippen molar-refractivity contribution < 1.29 is 19.0 Å². The Kier molecular flexibility index (Phi) is 6.40. The average molecular weight is 422 g/mol. The van der Waals surface area contributed by atoms with Gasteiger partial charge in [0.05, 0.1) is 5.69 Å². The number of amides is 1. The minimum Gasteiger partial charge on any atom is -0.322 e. The summed E-state index contributed by atoms with van der Waals surface area (Å²) in [6.45, 7) is 7.58. The van der Waals surface area contributed by atoms with Crippen LogP contribution in [0.15, 0.2) is 46.9 Å². The van der Waals surface area contributed by atoms with Crippen molar-refractivity contribution in [2.45, 2.75) is 13.5 Å². The molecule has 1 aliphatic rings. The van der Waals surface area contributed by atoms with Crippen LogP contribution in [0, 0.1) is 12.7 Å². The molecule has 3 rings (SSSR count). The van der Waals surface area contributed by atoms with E-state index in [1.54, 1.807) is 17.0 Å². The van der Waals surface area contributed by atoms with Crippen LogP contribution in [-0.4, -0.2) is 38.6 Å². The molecule has 0 saturated carbocycles. The number of halogens is 2. The zero-order valence-corrected chi connectivity index (χ0v) is 16.5. The number of rotatable bonds is 5. The first-order chi connectivity index (χ1) is 12.5. The van der Waals surface area contributed by atoms with Crippen LogP contribution < -0.4 is 15.1 Å². The molecule has 0 aromatic heterocycles. The molecule has 2 aromatic carbocycles. The number of anilines is 1. The third kappa shape index (κ3) is 5.13. The van der Waals surface area contributed by atoms with Crippen LogP contribution in [0.25, 0.3) is 0 Å². The van der Waals surface area contributed by atoms with Crippen molar-refractivity contribution in [3.05, 3.63) is 63.9 Å². The lowest BCUT2D eigenvalue weighted by molar-refractivity contribution is -1.02. The van der Waals surface area contributed by atoms with Crippen molar-refractivity contribution >= 4 is 27.5 Å². The van der Waals surface area contributed by atoms with E-state index in [9.17, 15) is 9.18 Å². The molecular formula is C20H25BrFN3O+2. The summed E-state index contributed by atoms with van der Waals surface area (Å²) in [5, 5.41) is 2.68. The van der Waals surface area contributed by atoms with Crippen molar-refractivity contribution in [1.82, 2.24) is 0 Å². The van der Waals surface area contributed by atoms with Crippen LogP contribution >= 0.6 is 15.9 Å². The Morgan fingerprint density at radius 1 is 1.12 bits per heavy atom. The van der Waals surface area contributed by atoms with E-state index in [0.29, 0.717) is 11.0 Å². The molecule has 138 valence electrons. The lowest BCUT2D eigenvalue weighted by Gasteiger charge is -2.29. The Balaban J connectivity index is 1.46. The Bertz CT molecular complexity index is 775. The minimum absolute atomic E-state index is 0.136. The summed E-state index contributed by atoms with van der Waals surface area (Å²) in [7, 11) is 0. The number of carbonyl (C=O) groups excluding carboxylic acids is 1. The van der Waals surface area contributed by atoms with E-state index in [-0.39, 0.29) is 11.6 Å². The molecule has 3 N–H and O–H groups in total. The van der Waals surface area contributed by atoms with Crippen molar-refractivity contribution in [2.75, 3.05) is 38.0 Å². The third-order valence-corrected chi connectivity index (χ3v) is 5.47.